The van der Waals surface area contributed by atoms with Crippen molar-refractivity contribution in [2.45, 2.75) is 26.9 Å². The molecule has 6 heteroatoms. The Hall–Kier alpha value is -2.47. The molecule has 0 aliphatic carbocycles. The van der Waals surface area contributed by atoms with Crippen LogP contribution >= 0.6 is 0 Å². The van der Waals surface area contributed by atoms with E-state index < -0.39 is 0 Å². The predicted octanol–water partition coefficient (Wildman–Crippen LogP) is 1.67. The fraction of sp³-hybridized carbons (Fsp3) is 0.312. The molecule has 3 rings (SSSR count). The number of pyridine rings is 1. The van der Waals surface area contributed by atoms with Gasteiger partial charge in [-0.05, 0) is 33.0 Å². The summed E-state index contributed by atoms with van der Waals surface area (Å²) < 4.78 is 1.55. The molecule has 114 valence electrons. The highest BCUT2D eigenvalue weighted by molar-refractivity contribution is 5.38. The number of H-pyrrole nitrogens is 1. The predicted molar refractivity (Wildman–Crippen MR) is 84.7 cm³/mol. The summed E-state index contributed by atoms with van der Waals surface area (Å²) in [7, 11) is 2.01. The normalized spacial score (nSPS) is 11.5. The maximum atomic E-state index is 12.1. The summed E-state index contributed by atoms with van der Waals surface area (Å²) in [6.45, 7) is 5.39. The Bertz CT molecular complexity index is 845. The lowest BCUT2D eigenvalue weighted by molar-refractivity contribution is 0.314. The molecule has 0 aliphatic rings. The Morgan fingerprint density at radius 1 is 1.27 bits per heavy atom. The van der Waals surface area contributed by atoms with Crippen molar-refractivity contribution >= 4 is 5.65 Å². The number of aromatic nitrogens is 4. The fourth-order valence-corrected chi connectivity index (χ4v) is 2.59. The molecule has 0 spiro atoms. The first-order valence-corrected chi connectivity index (χ1v) is 7.21. The maximum absolute atomic E-state index is 12.1. The molecule has 0 fully saturated rings. The zero-order valence-corrected chi connectivity index (χ0v) is 13.0. The van der Waals surface area contributed by atoms with Crippen molar-refractivity contribution < 1.29 is 0 Å². The first-order valence-electron chi connectivity index (χ1n) is 7.21. The van der Waals surface area contributed by atoms with Crippen LogP contribution in [-0.4, -0.2) is 31.5 Å². The highest BCUT2D eigenvalue weighted by Crippen LogP contribution is 2.13. The smallest absolute Gasteiger partial charge is 0.258 e. The van der Waals surface area contributed by atoms with E-state index in [4.69, 9.17) is 0 Å². The van der Waals surface area contributed by atoms with Crippen LogP contribution < -0.4 is 5.56 Å². The number of aromatic amines is 1. The molecule has 0 aliphatic heterocycles. The van der Waals surface area contributed by atoms with Gasteiger partial charge in [0.05, 0.1) is 11.4 Å². The van der Waals surface area contributed by atoms with Crippen LogP contribution in [0.3, 0.4) is 0 Å². The molecular weight excluding hydrogens is 278 g/mol. The minimum Gasteiger partial charge on any atom is -0.296 e. The number of nitrogens with zero attached hydrogens (tertiary/aromatic N) is 4. The Balaban J connectivity index is 1.82. The van der Waals surface area contributed by atoms with Crippen molar-refractivity contribution in [2.75, 3.05) is 7.05 Å². The first kappa shape index (κ1) is 14.5. The van der Waals surface area contributed by atoms with Crippen LogP contribution in [0.15, 0.2) is 35.3 Å². The minimum absolute atomic E-state index is 0.0512. The van der Waals surface area contributed by atoms with Crippen LogP contribution in [-0.2, 0) is 13.1 Å². The van der Waals surface area contributed by atoms with Gasteiger partial charge in [0, 0.05) is 36.6 Å². The second kappa shape index (κ2) is 5.73. The van der Waals surface area contributed by atoms with Gasteiger partial charge in [-0.25, -0.2) is 4.98 Å². The molecule has 6 nitrogen and oxygen atoms in total. The van der Waals surface area contributed by atoms with E-state index in [9.17, 15) is 4.79 Å². The van der Waals surface area contributed by atoms with Gasteiger partial charge in [-0.2, -0.15) is 5.10 Å². The molecule has 0 saturated heterocycles. The Labute approximate surface area is 128 Å². The summed E-state index contributed by atoms with van der Waals surface area (Å²) in [5, 5.41) is 7.20. The molecule has 0 atom stereocenters. The van der Waals surface area contributed by atoms with E-state index in [2.05, 4.69) is 20.1 Å². The fourth-order valence-electron chi connectivity index (χ4n) is 2.59. The lowest BCUT2D eigenvalue weighted by Crippen LogP contribution is -2.22. The van der Waals surface area contributed by atoms with Crippen LogP contribution in [0.2, 0.25) is 0 Å². The lowest BCUT2D eigenvalue weighted by atomic mass is 10.2. The van der Waals surface area contributed by atoms with Crippen LogP contribution in [0.1, 0.15) is 22.6 Å². The zero-order valence-electron chi connectivity index (χ0n) is 13.0. The minimum atomic E-state index is -0.0512. The Kier molecular flexibility index (Phi) is 3.77. The summed E-state index contributed by atoms with van der Waals surface area (Å²) in [5.74, 6) is 0. The van der Waals surface area contributed by atoms with Gasteiger partial charge >= 0.3 is 0 Å². The first-order chi connectivity index (χ1) is 10.5. The summed E-state index contributed by atoms with van der Waals surface area (Å²) in [6.07, 6.45) is 1.73. The van der Waals surface area contributed by atoms with Gasteiger partial charge in [0.1, 0.15) is 5.65 Å². The van der Waals surface area contributed by atoms with Crippen molar-refractivity contribution in [3.05, 3.63) is 63.5 Å². The van der Waals surface area contributed by atoms with Crippen LogP contribution in [0.5, 0.6) is 0 Å². The van der Waals surface area contributed by atoms with Gasteiger partial charge in [0.15, 0.2) is 0 Å². The molecule has 22 heavy (non-hydrogen) atoms. The molecule has 0 radical (unpaired) electrons. The quantitative estimate of drug-likeness (QED) is 0.795. The standard InChI is InChI=1S/C16H19N5O/c1-11-14(12(2)19-18-11)10-20(3)9-13-8-16(22)21-7-5-4-6-15(21)17-13/h4-8H,9-10H2,1-3H3,(H,18,19). The van der Waals surface area contributed by atoms with E-state index in [1.54, 1.807) is 16.7 Å². The highest BCUT2D eigenvalue weighted by Gasteiger charge is 2.11. The molecule has 0 bridgehead atoms. The SMILES string of the molecule is Cc1n[nH]c(C)c1CN(C)Cc1cc(=O)n2ccccc2n1. The van der Waals surface area contributed by atoms with Gasteiger partial charge in [-0.15, -0.1) is 0 Å². The largest absolute Gasteiger partial charge is 0.296 e. The van der Waals surface area contributed by atoms with Crippen molar-refractivity contribution in [3.63, 3.8) is 0 Å². The third kappa shape index (κ3) is 2.78. The van der Waals surface area contributed by atoms with Gasteiger partial charge in [-0.1, -0.05) is 6.07 Å². The monoisotopic (exact) mass is 297 g/mol. The average Bonchev–Trinajstić information content (AvgIpc) is 2.79. The van der Waals surface area contributed by atoms with E-state index in [-0.39, 0.29) is 5.56 Å². The number of aryl methyl sites for hydroxylation is 2. The van der Waals surface area contributed by atoms with Gasteiger partial charge in [0.25, 0.3) is 5.56 Å². The number of hydrogen-bond donors (Lipinski definition) is 1. The molecule has 1 N–H and O–H groups in total. The topological polar surface area (TPSA) is 66.3 Å². The number of nitrogens with one attached hydrogen (secondary N) is 1. The van der Waals surface area contributed by atoms with Gasteiger partial charge in [-0.3, -0.25) is 19.2 Å². The van der Waals surface area contributed by atoms with E-state index in [1.165, 1.54) is 5.56 Å². The van der Waals surface area contributed by atoms with E-state index in [0.717, 1.165) is 23.6 Å². The number of fused-ring (bicyclic) bond motifs is 1. The maximum Gasteiger partial charge on any atom is 0.258 e. The number of hydrogen-bond acceptors (Lipinski definition) is 4. The van der Waals surface area contributed by atoms with Crippen LogP contribution in [0, 0.1) is 13.8 Å². The number of rotatable bonds is 4. The molecule has 3 aromatic rings. The molecule has 0 unspecified atom stereocenters. The third-order valence-electron chi connectivity index (χ3n) is 3.76. The summed E-state index contributed by atoms with van der Waals surface area (Å²) in [4.78, 5) is 18.8. The molecule has 0 saturated carbocycles. The van der Waals surface area contributed by atoms with Gasteiger partial charge < -0.3 is 0 Å². The average molecular weight is 297 g/mol. The summed E-state index contributed by atoms with van der Waals surface area (Å²) in [6, 6.07) is 7.15. The lowest BCUT2D eigenvalue weighted by Gasteiger charge is -2.16. The summed E-state index contributed by atoms with van der Waals surface area (Å²) in [5.41, 5.74) is 4.68. The van der Waals surface area contributed by atoms with Gasteiger partial charge in [0.2, 0.25) is 0 Å². The second-order valence-corrected chi connectivity index (χ2v) is 5.60. The van der Waals surface area contributed by atoms with E-state index in [0.29, 0.717) is 12.2 Å². The second-order valence-electron chi connectivity index (χ2n) is 5.60. The molecule has 0 amide bonds. The third-order valence-corrected chi connectivity index (χ3v) is 3.76. The Morgan fingerprint density at radius 3 is 2.82 bits per heavy atom. The van der Waals surface area contributed by atoms with Crippen LogP contribution in [0.25, 0.3) is 5.65 Å². The van der Waals surface area contributed by atoms with Crippen molar-refractivity contribution in [1.82, 2.24) is 24.5 Å². The van der Waals surface area contributed by atoms with Crippen molar-refractivity contribution in [1.29, 1.82) is 0 Å². The molecular formula is C16H19N5O. The van der Waals surface area contributed by atoms with Crippen molar-refractivity contribution in [3.8, 4) is 0 Å². The molecule has 3 heterocycles. The molecule has 3 aromatic heterocycles. The Morgan fingerprint density at radius 2 is 2.09 bits per heavy atom. The van der Waals surface area contributed by atoms with E-state index in [1.807, 2.05) is 39.1 Å². The molecule has 0 aromatic carbocycles. The zero-order chi connectivity index (χ0) is 15.7. The van der Waals surface area contributed by atoms with E-state index >= 15 is 0 Å². The van der Waals surface area contributed by atoms with Crippen molar-refractivity contribution in [2.24, 2.45) is 0 Å². The van der Waals surface area contributed by atoms with Crippen LogP contribution in [0.4, 0.5) is 0 Å². The highest BCUT2D eigenvalue weighted by atomic mass is 16.1. The summed E-state index contributed by atoms with van der Waals surface area (Å²) >= 11 is 0.